The average molecular weight is 583 g/mol. The second kappa shape index (κ2) is 12.9. The van der Waals surface area contributed by atoms with Crippen LogP contribution in [0.1, 0.15) is 67.2 Å². The third-order valence-corrected chi connectivity index (χ3v) is 7.41. The van der Waals surface area contributed by atoms with E-state index in [-0.39, 0.29) is 13.0 Å². The van der Waals surface area contributed by atoms with Crippen LogP contribution in [0.4, 0.5) is 4.79 Å². The summed E-state index contributed by atoms with van der Waals surface area (Å²) in [4.78, 5) is 46.5. The number of fused-ring (bicyclic) bond motifs is 1. The molecule has 0 radical (unpaired) electrons. The van der Waals surface area contributed by atoms with Crippen molar-refractivity contribution in [2.75, 3.05) is 13.2 Å². The summed E-state index contributed by atoms with van der Waals surface area (Å²) in [5.74, 6) is -1.03. The maximum atomic E-state index is 14.2. The number of amides is 3. The molecular weight excluding hydrogens is 539 g/mol. The van der Waals surface area contributed by atoms with Crippen LogP contribution in [-0.4, -0.2) is 82.8 Å². The number of carbonyl (C=O) groups excluding carboxylic acids is 3. The quantitative estimate of drug-likeness (QED) is 0.442. The normalized spacial score (nSPS) is 22.3. The van der Waals surface area contributed by atoms with Crippen LogP contribution in [-0.2, 0) is 19.0 Å². The standard InChI is InChI=1S/C30H43BN4O7/c1-29(2,3)24(34-28(38)42-30(4,5)6)27(37)35-18-20(41-26-21-12-8-7-11-19(21)14-15-32-26)17-22(35)25(36)33-23-13-9-10-16-40-31(23)39/h7-8,11-12,14-15,20,22-24,39H,9-10,13,16-18H2,1-6H3,(H,33,36)(H,34,38)/t20-,22+,23?,24-/m1/s1. The van der Waals surface area contributed by atoms with Crippen LogP contribution in [0, 0.1) is 5.41 Å². The number of likely N-dealkylation sites (tertiary alicyclic amines) is 1. The van der Waals surface area contributed by atoms with Gasteiger partial charge in [-0.3, -0.25) is 9.59 Å². The second-order valence-corrected chi connectivity index (χ2v) is 13.1. The number of benzene rings is 1. The largest absolute Gasteiger partial charge is 0.478 e. The topological polar surface area (TPSA) is 139 Å². The Morgan fingerprint density at radius 3 is 2.57 bits per heavy atom. The fourth-order valence-corrected chi connectivity index (χ4v) is 5.31. The van der Waals surface area contributed by atoms with E-state index in [1.165, 1.54) is 4.90 Å². The molecule has 3 N–H and O–H groups in total. The molecule has 2 aliphatic heterocycles. The molecule has 42 heavy (non-hydrogen) atoms. The highest BCUT2D eigenvalue weighted by atomic mass is 16.6. The zero-order valence-corrected chi connectivity index (χ0v) is 25.4. The third kappa shape index (κ3) is 7.92. The highest BCUT2D eigenvalue weighted by Crippen LogP contribution is 2.30. The Morgan fingerprint density at radius 2 is 1.86 bits per heavy atom. The van der Waals surface area contributed by atoms with Gasteiger partial charge in [-0.15, -0.1) is 0 Å². The van der Waals surface area contributed by atoms with Crippen molar-refractivity contribution in [3.63, 3.8) is 0 Å². The monoisotopic (exact) mass is 582 g/mol. The first-order valence-electron chi connectivity index (χ1n) is 14.6. The fraction of sp³-hybridized carbons (Fsp3) is 0.600. The number of hydrogen-bond acceptors (Lipinski definition) is 8. The summed E-state index contributed by atoms with van der Waals surface area (Å²) in [7, 11) is -1.13. The molecule has 12 heteroatoms. The third-order valence-electron chi connectivity index (χ3n) is 7.41. The van der Waals surface area contributed by atoms with E-state index in [4.69, 9.17) is 14.1 Å². The fourth-order valence-electron chi connectivity index (χ4n) is 5.31. The summed E-state index contributed by atoms with van der Waals surface area (Å²) in [6, 6.07) is 7.70. The molecule has 0 spiro atoms. The van der Waals surface area contributed by atoms with Crippen LogP contribution in [0.15, 0.2) is 36.5 Å². The zero-order valence-electron chi connectivity index (χ0n) is 25.4. The van der Waals surface area contributed by atoms with Crippen molar-refractivity contribution in [2.45, 2.75) is 97.0 Å². The van der Waals surface area contributed by atoms with E-state index in [0.717, 1.165) is 23.6 Å². The number of aromatic nitrogens is 1. The van der Waals surface area contributed by atoms with Crippen LogP contribution < -0.4 is 15.4 Å². The van der Waals surface area contributed by atoms with Gasteiger partial charge in [0.05, 0.1) is 12.5 Å². The summed E-state index contributed by atoms with van der Waals surface area (Å²) in [6.07, 6.45) is 2.73. The minimum absolute atomic E-state index is 0.105. The number of nitrogens with zero attached hydrogens (tertiary/aromatic N) is 2. The molecule has 0 saturated carbocycles. The molecule has 3 heterocycles. The molecule has 0 aliphatic carbocycles. The van der Waals surface area contributed by atoms with Gasteiger partial charge in [-0.25, -0.2) is 9.78 Å². The Balaban J connectivity index is 1.60. The van der Waals surface area contributed by atoms with Crippen LogP contribution in [0.2, 0.25) is 0 Å². The number of carbonyl (C=O) groups is 3. The molecule has 1 aromatic carbocycles. The van der Waals surface area contributed by atoms with E-state index in [2.05, 4.69) is 15.6 Å². The molecule has 0 bridgehead atoms. The SMILES string of the molecule is CC(C)(C)OC(=O)N[C@H](C(=O)N1C[C@H](Oc2nccc3ccccc23)C[C@H]1C(=O)NC1CCCCOB1O)C(C)(C)C. The Labute approximate surface area is 247 Å². The molecule has 4 atom stereocenters. The van der Waals surface area contributed by atoms with E-state index in [1.54, 1.807) is 27.0 Å². The van der Waals surface area contributed by atoms with Gasteiger partial charge in [-0.05, 0) is 63.0 Å². The van der Waals surface area contributed by atoms with E-state index in [0.29, 0.717) is 18.9 Å². The van der Waals surface area contributed by atoms with Crippen molar-refractivity contribution < 1.29 is 33.5 Å². The van der Waals surface area contributed by atoms with Crippen LogP contribution >= 0.6 is 0 Å². The van der Waals surface area contributed by atoms with E-state index < -0.39 is 60.2 Å². The number of alkyl carbamates (subject to hydrolysis) is 1. The van der Waals surface area contributed by atoms with Crippen molar-refractivity contribution in [3.05, 3.63) is 36.5 Å². The van der Waals surface area contributed by atoms with Crippen LogP contribution in [0.5, 0.6) is 5.88 Å². The molecule has 11 nitrogen and oxygen atoms in total. The van der Waals surface area contributed by atoms with Gasteiger partial charge < -0.3 is 34.7 Å². The van der Waals surface area contributed by atoms with Crippen LogP contribution in [0.3, 0.4) is 0 Å². The molecule has 2 saturated heterocycles. The van der Waals surface area contributed by atoms with Gasteiger partial charge in [0, 0.05) is 24.6 Å². The molecule has 2 aromatic rings. The lowest BCUT2D eigenvalue weighted by Gasteiger charge is -2.36. The van der Waals surface area contributed by atoms with Gasteiger partial charge in [0.25, 0.3) is 0 Å². The highest BCUT2D eigenvalue weighted by Gasteiger charge is 2.47. The summed E-state index contributed by atoms with van der Waals surface area (Å²) in [5.41, 5.74) is -1.45. The predicted molar refractivity (Wildman–Crippen MR) is 159 cm³/mol. The molecule has 2 fully saturated rings. The summed E-state index contributed by atoms with van der Waals surface area (Å²) in [6.45, 7) is 11.3. The first-order chi connectivity index (χ1) is 19.7. The first-order valence-corrected chi connectivity index (χ1v) is 14.6. The molecule has 1 unspecified atom stereocenters. The van der Waals surface area contributed by atoms with Crippen LogP contribution in [0.25, 0.3) is 10.8 Å². The van der Waals surface area contributed by atoms with Gasteiger partial charge in [0.1, 0.15) is 23.8 Å². The first kappa shape index (κ1) is 31.6. The summed E-state index contributed by atoms with van der Waals surface area (Å²) in [5, 5.41) is 17.9. The average Bonchev–Trinajstić information content (AvgIpc) is 3.22. The van der Waals surface area contributed by atoms with Crippen molar-refractivity contribution >= 4 is 35.8 Å². The Bertz CT molecular complexity index is 1270. The van der Waals surface area contributed by atoms with Gasteiger partial charge in [0.15, 0.2) is 0 Å². The summed E-state index contributed by atoms with van der Waals surface area (Å²) < 4.78 is 17.2. The number of nitrogens with one attached hydrogen (secondary N) is 2. The number of ether oxygens (including phenoxy) is 2. The molecule has 228 valence electrons. The zero-order chi connectivity index (χ0) is 30.7. The lowest BCUT2D eigenvalue weighted by atomic mass is 9.76. The smallest absolute Gasteiger partial charge is 0.472 e. The van der Waals surface area contributed by atoms with Gasteiger partial charge in [-0.1, -0.05) is 39.0 Å². The Hall–Kier alpha value is -3.38. The molecule has 3 amide bonds. The highest BCUT2D eigenvalue weighted by molar-refractivity contribution is 6.45. The second-order valence-electron chi connectivity index (χ2n) is 13.1. The Kier molecular flexibility index (Phi) is 9.67. The Morgan fingerprint density at radius 1 is 1.12 bits per heavy atom. The number of pyridine rings is 1. The number of rotatable bonds is 6. The maximum Gasteiger partial charge on any atom is 0.478 e. The lowest BCUT2D eigenvalue weighted by Crippen LogP contribution is -2.59. The van der Waals surface area contributed by atoms with E-state index in [9.17, 15) is 19.4 Å². The van der Waals surface area contributed by atoms with Gasteiger partial charge in [-0.2, -0.15) is 0 Å². The van der Waals surface area contributed by atoms with Gasteiger partial charge in [0.2, 0.25) is 17.7 Å². The van der Waals surface area contributed by atoms with Crippen molar-refractivity contribution in [3.8, 4) is 5.88 Å². The van der Waals surface area contributed by atoms with Gasteiger partial charge >= 0.3 is 13.2 Å². The molecule has 1 aromatic heterocycles. The molecular formula is C30H43BN4O7. The lowest BCUT2D eigenvalue weighted by molar-refractivity contribution is -0.142. The van der Waals surface area contributed by atoms with Crippen molar-refractivity contribution in [2.24, 2.45) is 5.41 Å². The van der Waals surface area contributed by atoms with E-state index >= 15 is 0 Å². The minimum atomic E-state index is -1.13. The minimum Gasteiger partial charge on any atom is -0.472 e. The van der Waals surface area contributed by atoms with E-state index in [1.807, 2.05) is 51.1 Å². The number of hydrogen-bond donors (Lipinski definition) is 3. The predicted octanol–water partition coefficient (Wildman–Crippen LogP) is 3.23. The maximum absolute atomic E-state index is 14.2. The van der Waals surface area contributed by atoms with Crippen molar-refractivity contribution in [1.82, 2.24) is 20.5 Å². The molecule has 2 aliphatic rings. The van der Waals surface area contributed by atoms with Crippen molar-refractivity contribution in [1.29, 1.82) is 0 Å². The summed E-state index contributed by atoms with van der Waals surface area (Å²) >= 11 is 0. The molecule has 4 rings (SSSR count).